The van der Waals surface area contributed by atoms with Gasteiger partial charge in [-0.1, -0.05) is 0 Å². The number of amides is 2. The normalized spacial score (nSPS) is 15.7. The molecule has 2 aromatic rings. The van der Waals surface area contributed by atoms with Crippen molar-refractivity contribution in [1.29, 1.82) is 0 Å². The molecule has 0 bridgehead atoms. The van der Waals surface area contributed by atoms with Crippen molar-refractivity contribution in [2.45, 2.75) is 19.3 Å². The van der Waals surface area contributed by atoms with Crippen LogP contribution in [0, 0.1) is 5.92 Å². The number of ether oxygens (including phenoxy) is 2. The molecular weight excluding hydrogens is 332 g/mol. The molecule has 0 saturated heterocycles. The van der Waals surface area contributed by atoms with E-state index < -0.39 is 0 Å². The Kier molecular flexibility index (Phi) is 4.48. The first kappa shape index (κ1) is 16.4. The number of hydrogen-bond donors (Lipinski definition) is 2. The van der Waals surface area contributed by atoms with E-state index in [0.29, 0.717) is 41.7 Å². The second kappa shape index (κ2) is 7.07. The third kappa shape index (κ3) is 3.79. The Morgan fingerprint density at radius 2 is 1.54 bits per heavy atom. The molecule has 134 valence electrons. The summed E-state index contributed by atoms with van der Waals surface area (Å²) in [6.45, 7) is 1.22. The zero-order valence-electron chi connectivity index (χ0n) is 14.3. The molecule has 26 heavy (non-hydrogen) atoms. The van der Waals surface area contributed by atoms with Crippen LogP contribution in [-0.4, -0.2) is 25.0 Å². The summed E-state index contributed by atoms with van der Waals surface area (Å²) in [6.07, 6.45) is 2.75. The van der Waals surface area contributed by atoms with Gasteiger partial charge in [-0.3, -0.25) is 9.59 Å². The molecule has 0 atom stereocenters. The zero-order valence-corrected chi connectivity index (χ0v) is 14.3. The van der Waals surface area contributed by atoms with Gasteiger partial charge in [0, 0.05) is 35.3 Å². The SMILES string of the molecule is O=C(Nc1ccc2c(c1)OCCCO2)c1ccc(NC(=O)C2CC2)cc1. The molecule has 0 radical (unpaired) electrons. The first-order valence-corrected chi connectivity index (χ1v) is 8.81. The number of carbonyl (C=O) groups excluding carboxylic acids is 2. The quantitative estimate of drug-likeness (QED) is 0.884. The largest absolute Gasteiger partial charge is 0.490 e. The highest BCUT2D eigenvalue weighted by Crippen LogP contribution is 2.32. The van der Waals surface area contributed by atoms with Crippen LogP contribution in [0.5, 0.6) is 11.5 Å². The van der Waals surface area contributed by atoms with E-state index in [2.05, 4.69) is 10.6 Å². The van der Waals surface area contributed by atoms with Crippen molar-refractivity contribution in [2.75, 3.05) is 23.8 Å². The summed E-state index contributed by atoms with van der Waals surface area (Å²) < 4.78 is 11.2. The number of carbonyl (C=O) groups is 2. The Morgan fingerprint density at radius 3 is 2.27 bits per heavy atom. The monoisotopic (exact) mass is 352 g/mol. The van der Waals surface area contributed by atoms with Gasteiger partial charge < -0.3 is 20.1 Å². The van der Waals surface area contributed by atoms with Crippen LogP contribution in [0.2, 0.25) is 0 Å². The van der Waals surface area contributed by atoms with E-state index in [9.17, 15) is 9.59 Å². The minimum atomic E-state index is -0.223. The van der Waals surface area contributed by atoms with E-state index in [-0.39, 0.29) is 17.7 Å². The maximum atomic E-state index is 12.4. The molecule has 2 N–H and O–H groups in total. The molecule has 6 heteroatoms. The molecule has 1 fully saturated rings. The van der Waals surface area contributed by atoms with E-state index in [4.69, 9.17) is 9.47 Å². The van der Waals surface area contributed by atoms with Gasteiger partial charge in [0.15, 0.2) is 11.5 Å². The summed E-state index contributed by atoms with van der Waals surface area (Å²) in [7, 11) is 0. The second-order valence-corrected chi connectivity index (χ2v) is 6.51. The zero-order chi connectivity index (χ0) is 17.9. The maximum absolute atomic E-state index is 12.4. The fourth-order valence-electron chi connectivity index (χ4n) is 2.74. The van der Waals surface area contributed by atoms with E-state index >= 15 is 0 Å². The van der Waals surface area contributed by atoms with Crippen molar-refractivity contribution in [1.82, 2.24) is 0 Å². The molecule has 0 aromatic heterocycles. The Morgan fingerprint density at radius 1 is 0.846 bits per heavy atom. The first-order chi connectivity index (χ1) is 12.7. The number of rotatable bonds is 4. The highest BCUT2D eigenvalue weighted by Gasteiger charge is 2.29. The first-order valence-electron chi connectivity index (χ1n) is 8.81. The van der Waals surface area contributed by atoms with Crippen LogP contribution in [0.3, 0.4) is 0 Å². The molecule has 0 spiro atoms. The van der Waals surface area contributed by atoms with E-state index in [1.54, 1.807) is 42.5 Å². The molecule has 0 unspecified atom stereocenters. The molecule has 2 amide bonds. The van der Waals surface area contributed by atoms with Gasteiger partial charge in [0.1, 0.15) is 0 Å². The molecule has 1 heterocycles. The van der Waals surface area contributed by atoms with Gasteiger partial charge in [0.2, 0.25) is 5.91 Å². The predicted octanol–water partition coefficient (Wildman–Crippen LogP) is 3.45. The van der Waals surface area contributed by atoms with Crippen LogP contribution >= 0.6 is 0 Å². The fourth-order valence-corrected chi connectivity index (χ4v) is 2.74. The minimum absolute atomic E-state index is 0.0504. The summed E-state index contributed by atoms with van der Waals surface area (Å²) in [5.74, 6) is 1.31. The molecule has 1 aliphatic carbocycles. The average Bonchev–Trinajstić information content (AvgIpc) is 3.49. The number of benzene rings is 2. The van der Waals surface area contributed by atoms with Crippen LogP contribution in [-0.2, 0) is 4.79 Å². The summed E-state index contributed by atoms with van der Waals surface area (Å²) in [5.41, 5.74) is 1.86. The van der Waals surface area contributed by atoms with Crippen molar-refractivity contribution >= 4 is 23.2 Å². The standard InChI is InChI=1S/C20H20N2O4/c23-19(13-2-3-13)21-15-6-4-14(5-7-15)20(24)22-16-8-9-17-18(12-16)26-11-1-10-25-17/h4-9,12-13H,1-3,10-11H2,(H,21,23)(H,22,24). The summed E-state index contributed by atoms with van der Waals surface area (Å²) >= 11 is 0. The lowest BCUT2D eigenvalue weighted by atomic mass is 10.2. The smallest absolute Gasteiger partial charge is 0.255 e. The molecule has 1 saturated carbocycles. The van der Waals surface area contributed by atoms with Gasteiger partial charge in [-0.2, -0.15) is 0 Å². The third-order valence-corrected chi connectivity index (χ3v) is 4.37. The van der Waals surface area contributed by atoms with Gasteiger partial charge >= 0.3 is 0 Å². The van der Waals surface area contributed by atoms with E-state index in [1.165, 1.54) is 0 Å². The van der Waals surface area contributed by atoms with Crippen LogP contribution < -0.4 is 20.1 Å². The Labute approximate surface area is 151 Å². The van der Waals surface area contributed by atoms with Crippen LogP contribution in [0.25, 0.3) is 0 Å². The molecule has 1 aliphatic heterocycles. The second-order valence-electron chi connectivity index (χ2n) is 6.51. The average molecular weight is 352 g/mol. The van der Waals surface area contributed by atoms with Crippen LogP contribution in [0.1, 0.15) is 29.6 Å². The van der Waals surface area contributed by atoms with Gasteiger partial charge in [-0.05, 0) is 49.2 Å². The number of hydrogen-bond acceptors (Lipinski definition) is 4. The van der Waals surface area contributed by atoms with Crippen molar-refractivity contribution in [3.05, 3.63) is 48.0 Å². The van der Waals surface area contributed by atoms with Crippen molar-refractivity contribution in [3.8, 4) is 11.5 Å². The lowest BCUT2D eigenvalue weighted by Gasteiger charge is -2.11. The number of nitrogens with one attached hydrogen (secondary N) is 2. The maximum Gasteiger partial charge on any atom is 0.255 e. The predicted molar refractivity (Wildman–Crippen MR) is 97.8 cm³/mol. The van der Waals surface area contributed by atoms with Crippen molar-refractivity contribution < 1.29 is 19.1 Å². The van der Waals surface area contributed by atoms with Gasteiger partial charge in [0.25, 0.3) is 5.91 Å². The van der Waals surface area contributed by atoms with Gasteiger partial charge in [-0.25, -0.2) is 0 Å². The highest BCUT2D eigenvalue weighted by atomic mass is 16.5. The highest BCUT2D eigenvalue weighted by molar-refractivity contribution is 6.05. The lowest BCUT2D eigenvalue weighted by Crippen LogP contribution is -2.14. The Bertz CT molecular complexity index is 828. The molecular formula is C20H20N2O4. The Hall–Kier alpha value is -3.02. The summed E-state index contributed by atoms with van der Waals surface area (Å²) in [5, 5.41) is 5.71. The topological polar surface area (TPSA) is 76.7 Å². The fraction of sp³-hybridized carbons (Fsp3) is 0.300. The molecule has 2 aromatic carbocycles. The van der Waals surface area contributed by atoms with E-state index in [0.717, 1.165) is 19.3 Å². The Balaban J connectivity index is 1.41. The summed E-state index contributed by atoms with van der Waals surface area (Å²) in [4.78, 5) is 24.2. The number of fused-ring (bicyclic) bond motifs is 1. The molecule has 2 aliphatic rings. The van der Waals surface area contributed by atoms with Gasteiger partial charge in [0.05, 0.1) is 13.2 Å². The lowest BCUT2D eigenvalue weighted by molar-refractivity contribution is -0.117. The van der Waals surface area contributed by atoms with Gasteiger partial charge in [-0.15, -0.1) is 0 Å². The summed E-state index contributed by atoms with van der Waals surface area (Å²) in [6, 6.07) is 12.2. The molecule has 6 nitrogen and oxygen atoms in total. The number of anilines is 2. The minimum Gasteiger partial charge on any atom is -0.490 e. The van der Waals surface area contributed by atoms with Crippen molar-refractivity contribution in [3.63, 3.8) is 0 Å². The van der Waals surface area contributed by atoms with Crippen LogP contribution in [0.4, 0.5) is 11.4 Å². The van der Waals surface area contributed by atoms with Crippen LogP contribution in [0.15, 0.2) is 42.5 Å². The van der Waals surface area contributed by atoms with Crippen molar-refractivity contribution in [2.24, 2.45) is 5.92 Å². The third-order valence-electron chi connectivity index (χ3n) is 4.37. The molecule has 4 rings (SSSR count). The van der Waals surface area contributed by atoms with E-state index in [1.807, 2.05) is 0 Å².